The molecule has 126 valence electrons. The van der Waals surface area contributed by atoms with Crippen molar-refractivity contribution in [3.63, 3.8) is 0 Å². The fraction of sp³-hybridized carbons (Fsp3) is 0.250. The summed E-state index contributed by atoms with van der Waals surface area (Å²) in [4.78, 5) is 12.8. The van der Waals surface area contributed by atoms with Gasteiger partial charge in [0, 0.05) is 13.1 Å². The van der Waals surface area contributed by atoms with Crippen LogP contribution in [0.3, 0.4) is 0 Å². The van der Waals surface area contributed by atoms with E-state index in [4.69, 9.17) is 11.6 Å². The van der Waals surface area contributed by atoms with Gasteiger partial charge in [-0.1, -0.05) is 29.8 Å². The van der Waals surface area contributed by atoms with Crippen LogP contribution in [-0.4, -0.2) is 26.6 Å². The maximum atomic E-state index is 13.0. The number of halogens is 3. The summed E-state index contributed by atoms with van der Waals surface area (Å²) in [5, 5.41) is 7.26. The van der Waals surface area contributed by atoms with E-state index in [1.165, 1.54) is 9.08 Å². The van der Waals surface area contributed by atoms with Crippen molar-refractivity contribution in [2.75, 3.05) is 6.54 Å². The summed E-state index contributed by atoms with van der Waals surface area (Å²) < 4.78 is 28.8. The fourth-order valence-electron chi connectivity index (χ4n) is 2.43. The van der Waals surface area contributed by atoms with Crippen molar-refractivity contribution in [1.82, 2.24) is 19.5 Å². The Morgan fingerprint density at radius 2 is 1.96 bits per heavy atom. The van der Waals surface area contributed by atoms with Crippen molar-refractivity contribution in [3.05, 3.63) is 63.8 Å². The second kappa shape index (κ2) is 6.33. The molecule has 24 heavy (non-hydrogen) atoms. The predicted molar refractivity (Wildman–Crippen MR) is 88.1 cm³/mol. The second-order valence-corrected chi connectivity index (χ2v) is 5.93. The number of fused-ring (bicyclic) bond motifs is 1. The van der Waals surface area contributed by atoms with Gasteiger partial charge in [0.15, 0.2) is 5.82 Å². The molecule has 0 radical (unpaired) electrons. The highest BCUT2D eigenvalue weighted by Crippen LogP contribution is 2.16. The Morgan fingerprint density at radius 3 is 2.62 bits per heavy atom. The standard InChI is InChI=1S/C16H15ClF2N4O/c1-16(18,19)10-20-9-13-21-22-8-7-12(17)14(22)15(24)23(13)11-5-3-2-4-6-11/h2-8,20H,9-10H2,1H3. The number of nitrogens with zero attached hydrogens (tertiary/aromatic N) is 3. The lowest BCUT2D eigenvalue weighted by atomic mass is 10.3. The van der Waals surface area contributed by atoms with Crippen LogP contribution in [0.5, 0.6) is 0 Å². The Hall–Kier alpha value is -2.25. The minimum absolute atomic E-state index is 0.0132. The van der Waals surface area contributed by atoms with E-state index in [1.54, 1.807) is 36.5 Å². The van der Waals surface area contributed by atoms with Gasteiger partial charge in [-0.3, -0.25) is 9.36 Å². The number of hydrogen-bond acceptors (Lipinski definition) is 3. The average Bonchev–Trinajstić information content (AvgIpc) is 2.88. The van der Waals surface area contributed by atoms with Crippen LogP contribution >= 0.6 is 11.6 Å². The van der Waals surface area contributed by atoms with Crippen LogP contribution in [0.4, 0.5) is 8.78 Å². The van der Waals surface area contributed by atoms with Gasteiger partial charge >= 0.3 is 0 Å². The number of alkyl halides is 2. The topological polar surface area (TPSA) is 51.3 Å². The van der Waals surface area contributed by atoms with Crippen LogP contribution in [0.1, 0.15) is 12.7 Å². The van der Waals surface area contributed by atoms with Crippen LogP contribution in [-0.2, 0) is 6.54 Å². The Morgan fingerprint density at radius 1 is 1.25 bits per heavy atom. The van der Waals surface area contributed by atoms with Crippen LogP contribution < -0.4 is 10.9 Å². The molecule has 3 rings (SSSR count). The Balaban J connectivity index is 2.11. The van der Waals surface area contributed by atoms with Gasteiger partial charge in [-0.2, -0.15) is 5.10 Å². The van der Waals surface area contributed by atoms with E-state index in [1.807, 2.05) is 6.07 Å². The molecule has 1 N–H and O–H groups in total. The largest absolute Gasteiger partial charge is 0.304 e. The summed E-state index contributed by atoms with van der Waals surface area (Å²) >= 11 is 6.06. The predicted octanol–water partition coefficient (Wildman–Crippen LogP) is 2.88. The van der Waals surface area contributed by atoms with Crippen LogP contribution in [0.2, 0.25) is 5.02 Å². The zero-order valence-corrected chi connectivity index (χ0v) is 13.6. The summed E-state index contributed by atoms with van der Waals surface area (Å²) in [7, 11) is 0. The van der Waals surface area contributed by atoms with E-state index >= 15 is 0 Å². The number of para-hydroxylation sites is 1. The maximum Gasteiger partial charge on any atom is 0.284 e. The van der Waals surface area contributed by atoms with E-state index in [2.05, 4.69) is 10.4 Å². The molecule has 1 aromatic carbocycles. The number of hydrogen-bond donors (Lipinski definition) is 1. The SMILES string of the molecule is CC(F)(F)CNCc1nn2ccc(Cl)c2c(=O)n1-c1ccccc1. The monoisotopic (exact) mass is 352 g/mol. The lowest BCUT2D eigenvalue weighted by molar-refractivity contribution is 0.0222. The summed E-state index contributed by atoms with van der Waals surface area (Å²) in [6.45, 7) is 0.327. The smallest absolute Gasteiger partial charge is 0.284 e. The number of aromatic nitrogens is 3. The Bertz CT molecular complexity index is 915. The molecule has 0 unspecified atom stereocenters. The van der Waals surface area contributed by atoms with E-state index in [-0.39, 0.29) is 22.6 Å². The fourth-order valence-corrected chi connectivity index (χ4v) is 2.65. The zero-order chi connectivity index (χ0) is 17.3. The van der Waals surface area contributed by atoms with Gasteiger partial charge in [-0.25, -0.2) is 13.3 Å². The van der Waals surface area contributed by atoms with Gasteiger partial charge in [0.25, 0.3) is 11.5 Å². The van der Waals surface area contributed by atoms with Crippen molar-refractivity contribution in [2.45, 2.75) is 19.4 Å². The van der Waals surface area contributed by atoms with Crippen molar-refractivity contribution < 1.29 is 8.78 Å². The Kier molecular flexibility index (Phi) is 4.38. The first-order valence-corrected chi connectivity index (χ1v) is 7.67. The van der Waals surface area contributed by atoms with Gasteiger partial charge in [0.1, 0.15) is 5.52 Å². The van der Waals surface area contributed by atoms with E-state index in [0.717, 1.165) is 6.92 Å². The number of rotatable bonds is 5. The van der Waals surface area contributed by atoms with Gasteiger partial charge in [0.2, 0.25) is 0 Å². The molecule has 0 atom stereocenters. The molecule has 0 saturated carbocycles. The maximum absolute atomic E-state index is 13.0. The van der Waals surface area contributed by atoms with Gasteiger partial charge in [0.05, 0.1) is 23.8 Å². The summed E-state index contributed by atoms with van der Waals surface area (Å²) in [5.41, 5.74) is 0.478. The van der Waals surface area contributed by atoms with E-state index in [9.17, 15) is 13.6 Å². The average molecular weight is 353 g/mol. The van der Waals surface area contributed by atoms with Gasteiger partial charge in [-0.05, 0) is 18.2 Å². The van der Waals surface area contributed by atoms with Crippen molar-refractivity contribution in [1.29, 1.82) is 0 Å². The molecule has 0 fully saturated rings. The molecule has 0 saturated heterocycles. The number of nitrogens with one attached hydrogen (secondary N) is 1. The molecule has 0 spiro atoms. The minimum Gasteiger partial charge on any atom is -0.304 e. The highest BCUT2D eigenvalue weighted by atomic mass is 35.5. The third-order valence-corrected chi connectivity index (χ3v) is 3.74. The number of benzene rings is 1. The first-order valence-electron chi connectivity index (χ1n) is 7.29. The minimum atomic E-state index is -2.85. The van der Waals surface area contributed by atoms with Gasteiger partial charge in [-0.15, -0.1) is 0 Å². The molecule has 8 heteroatoms. The van der Waals surface area contributed by atoms with Crippen molar-refractivity contribution in [3.8, 4) is 5.69 Å². The molecule has 3 aromatic rings. The quantitative estimate of drug-likeness (QED) is 0.768. The first kappa shape index (κ1) is 16.6. The Labute approximate surface area is 141 Å². The molecule has 0 aliphatic carbocycles. The molecule has 0 amide bonds. The van der Waals surface area contributed by atoms with Crippen molar-refractivity contribution >= 4 is 17.1 Å². The lowest BCUT2D eigenvalue weighted by Gasteiger charge is -2.15. The third kappa shape index (κ3) is 3.32. The normalized spacial score (nSPS) is 12.0. The van der Waals surface area contributed by atoms with Crippen LogP contribution in [0.15, 0.2) is 47.4 Å². The third-order valence-electron chi connectivity index (χ3n) is 3.44. The van der Waals surface area contributed by atoms with E-state index in [0.29, 0.717) is 11.5 Å². The highest BCUT2D eigenvalue weighted by molar-refractivity contribution is 6.33. The first-order chi connectivity index (χ1) is 11.4. The molecule has 0 bridgehead atoms. The summed E-state index contributed by atoms with van der Waals surface area (Å²) in [6, 6.07) is 10.4. The zero-order valence-electron chi connectivity index (χ0n) is 12.8. The molecular weight excluding hydrogens is 338 g/mol. The van der Waals surface area contributed by atoms with Gasteiger partial charge < -0.3 is 5.32 Å². The highest BCUT2D eigenvalue weighted by Gasteiger charge is 2.21. The molecular formula is C16H15ClF2N4O. The molecule has 5 nitrogen and oxygen atoms in total. The molecule has 2 heterocycles. The van der Waals surface area contributed by atoms with E-state index < -0.39 is 12.5 Å². The summed E-state index contributed by atoms with van der Waals surface area (Å²) in [5.74, 6) is -2.53. The second-order valence-electron chi connectivity index (χ2n) is 5.52. The molecule has 2 aromatic heterocycles. The molecule has 0 aliphatic rings. The van der Waals surface area contributed by atoms with Crippen LogP contribution in [0.25, 0.3) is 11.2 Å². The molecule has 0 aliphatic heterocycles. The van der Waals surface area contributed by atoms with Crippen LogP contribution in [0, 0.1) is 0 Å². The lowest BCUT2D eigenvalue weighted by Crippen LogP contribution is -2.33. The summed E-state index contributed by atoms with van der Waals surface area (Å²) in [6.07, 6.45) is 1.56. The van der Waals surface area contributed by atoms with Crippen molar-refractivity contribution in [2.24, 2.45) is 0 Å².